The number of alkyl halides is 3. The summed E-state index contributed by atoms with van der Waals surface area (Å²) in [5.74, 6) is 0.301. The van der Waals surface area contributed by atoms with Crippen LogP contribution in [0.5, 0.6) is 5.75 Å². The smallest absolute Gasteiger partial charge is 0.416 e. The van der Waals surface area contributed by atoms with Gasteiger partial charge in [-0.2, -0.15) is 13.2 Å². The summed E-state index contributed by atoms with van der Waals surface area (Å²) in [5, 5.41) is 2.59. The Labute approximate surface area is 150 Å². The van der Waals surface area contributed by atoms with Crippen LogP contribution in [0.2, 0.25) is 0 Å². The first-order valence-corrected chi connectivity index (χ1v) is 8.60. The maximum absolute atomic E-state index is 12.6. The van der Waals surface area contributed by atoms with Crippen LogP contribution >= 0.6 is 0 Å². The summed E-state index contributed by atoms with van der Waals surface area (Å²) < 4.78 is 43.6. The van der Waals surface area contributed by atoms with E-state index in [4.69, 9.17) is 4.74 Å². The minimum Gasteiger partial charge on any atom is -0.481 e. The molecular formula is C20H20F3NO2. The van der Waals surface area contributed by atoms with Crippen molar-refractivity contribution in [3.8, 4) is 5.75 Å². The number of halogens is 3. The highest BCUT2D eigenvalue weighted by molar-refractivity contribution is 5.94. The molecule has 0 unspecified atom stereocenters. The number of amides is 1. The van der Waals surface area contributed by atoms with Crippen LogP contribution < -0.4 is 10.1 Å². The number of carbonyl (C=O) groups excluding carboxylic acids is 1. The Morgan fingerprint density at radius 3 is 2.46 bits per heavy atom. The van der Waals surface area contributed by atoms with Gasteiger partial charge >= 0.3 is 6.18 Å². The van der Waals surface area contributed by atoms with Gasteiger partial charge in [-0.1, -0.05) is 12.1 Å². The highest BCUT2D eigenvalue weighted by Gasteiger charge is 2.30. The van der Waals surface area contributed by atoms with E-state index in [0.717, 1.165) is 43.4 Å². The molecule has 0 radical (unpaired) electrons. The third-order valence-corrected chi connectivity index (χ3v) is 4.51. The summed E-state index contributed by atoms with van der Waals surface area (Å²) in [6, 6.07) is 10.2. The lowest BCUT2D eigenvalue weighted by Gasteiger charge is -2.22. The summed E-state index contributed by atoms with van der Waals surface area (Å²) in [4.78, 5) is 12.3. The lowest BCUT2D eigenvalue weighted by atomic mass is 9.91. The van der Waals surface area contributed by atoms with Gasteiger partial charge in [0, 0.05) is 5.69 Å². The Hall–Kier alpha value is -2.50. The number of carbonyl (C=O) groups is 1. The molecule has 0 bridgehead atoms. The van der Waals surface area contributed by atoms with Crippen molar-refractivity contribution in [3.63, 3.8) is 0 Å². The summed E-state index contributed by atoms with van der Waals surface area (Å²) >= 11 is 0. The molecule has 1 N–H and O–H groups in total. The highest BCUT2D eigenvalue weighted by Crippen LogP contribution is 2.31. The second-order valence-electron chi connectivity index (χ2n) is 6.43. The van der Waals surface area contributed by atoms with E-state index in [1.807, 2.05) is 12.1 Å². The van der Waals surface area contributed by atoms with E-state index in [0.29, 0.717) is 11.4 Å². The fraction of sp³-hybridized carbons (Fsp3) is 0.350. The number of rotatable bonds is 4. The first kappa shape index (κ1) is 18.3. The Bertz CT molecular complexity index is 785. The van der Waals surface area contributed by atoms with E-state index in [9.17, 15) is 18.0 Å². The lowest BCUT2D eigenvalue weighted by molar-refractivity contribution is -0.137. The van der Waals surface area contributed by atoms with Gasteiger partial charge in [0.2, 0.25) is 0 Å². The van der Waals surface area contributed by atoms with Crippen molar-refractivity contribution in [2.75, 3.05) is 5.32 Å². The molecule has 1 aliphatic rings. The summed E-state index contributed by atoms with van der Waals surface area (Å²) in [6.07, 6.45) is -0.964. The first-order valence-electron chi connectivity index (χ1n) is 8.60. The van der Waals surface area contributed by atoms with Gasteiger partial charge < -0.3 is 10.1 Å². The second kappa shape index (κ2) is 7.40. The summed E-state index contributed by atoms with van der Waals surface area (Å²) in [6.45, 7) is 1.63. The molecule has 0 fully saturated rings. The Morgan fingerprint density at radius 2 is 1.77 bits per heavy atom. The third-order valence-electron chi connectivity index (χ3n) is 4.51. The molecule has 138 valence electrons. The zero-order chi connectivity index (χ0) is 18.7. The second-order valence-corrected chi connectivity index (χ2v) is 6.43. The van der Waals surface area contributed by atoms with E-state index < -0.39 is 23.8 Å². The molecule has 0 aromatic heterocycles. The van der Waals surface area contributed by atoms with Crippen molar-refractivity contribution in [2.24, 2.45) is 0 Å². The van der Waals surface area contributed by atoms with Gasteiger partial charge in [-0.25, -0.2) is 0 Å². The third kappa shape index (κ3) is 4.18. The molecule has 3 rings (SSSR count). The van der Waals surface area contributed by atoms with Crippen LogP contribution in [-0.4, -0.2) is 12.0 Å². The average molecular weight is 363 g/mol. The van der Waals surface area contributed by atoms with Gasteiger partial charge in [0.15, 0.2) is 6.10 Å². The van der Waals surface area contributed by atoms with E-state index in [-0.39, 0.29) is 0 Å². The number of hydrogen-bond donors (Lipinski definition) is 1. The summed E-state index contributed by atoms with van der Waals surface area (Å²) in [7, 11) is 0. The molecule has 2 aromatic rings. The number of hydrogen-bond acceptors (Lipinski definition) is 2. The molecule has 0 heterocycles. The molecule has 0 aliphatic heterocycles. The summed E-state index contributed by atoms with van der Waals surface area (Å²) in [5.41, 5.74) is 1.95. The topological polar surface area (TPSA) is 38.3 Å². The predicted octanol–water partition coefficient (Wildman–Crippen LogP) is 4.99. The van der Waals surface area contributed by atoms with Crippen LogP contribution in [0, 0.1) is 0 Å². The number of fused-ring (bicyclic) bond motifs is 1. The number of nitrogens with one attached hydrogen (secondary N) is 1. The van der Waals surface area contributed by atoms with E-state index in [1.165, 1.54) is 17.7 Å². The predicted molar refractivity (Wildman–Crippen MR) is 93.2 cm³/mol. The molecule has 1 aliphatic carbocycles. The van der Waals surface area contributed by atoms with Crippen LogP contribution in [0.4, 0.5) is 18.9 Å². The maximum Gasteiger partial charge on any atom is 0.416 e. The Balaban J connectivity index is 1.65. The monoisotopic (exact) mass is 363 g/mol. The molecule has 2 aromatic carbocycles. The zero-order valence-corrected chi connectivity index (χ0v) is 14.4. The van der Waals surface area contributed by atoms with E-state index in [2.05, 4.69) is 11.4 Å². The van der Waals surface area contributed by atoms with Crippen molar-refractivity contribution in [1.29, 1.82) is 0 Å². The Kier molecular flexibility index (Phi) is 5.20. The number of ether oxygens (including phenoxy) is 1. The number of benzene rings is 2. The van der Waals surface area contributed by atoms with Crippen LogP contribution in [0.25, 0.3) is 0 Å². The highest BCUT2D eigenvalue weighted by atomic mass is 19.4. The van der Waals surface area contributed by atoms with Gasteiger partial charge in [-0.15, -0.1) is 0 Å². The van der Waals surface area contributed by atoms with Crippen LogP contribution in [0.1, 0.15) is 36.5 Å². The quantitative estimate of drug-likeness (QED) is 0.831. The van der Waals surface area contributed by atoms with Crippen LogP contribution in [0.3, 0.4) is 0 Å². The fourth-order valence-corrected chi connectivity index (χ4v) is 3.09. The number of anilines is 1. The van der Waals surface area contributed by atoms with Crippen molar-refractivity contribution < 1.29 is 22.7 Å². The van der Waals surface area contributed by atoms with E-state index in [1.54, 1.807) is 6.92 Å². The SMILES string of the molecule is C[C@H](Oc1cccc2c1CCCC2)C(=O)Nc1ccc(C(F)(F)F)cc1. The van der Waals surface area contributed by atoms with Gasteiger partial charge in [0.25, 0.3) is 5.91 Å². The first-order chi connectivity index (χ1) is 12.3. The average Bonchev–Trinajstić information content (AvgIpc) is 2.61. The van der Waals surface area contributed by atoms with Crippen molar-refractivity contribution in [2.45, 2.75) is 44.9 Å². The van der Waals surface area contributed by atoms with Crippen molar-refractivity contribution in [1.82, 2.24) is 0 Å². The molecule has 0 spiro atoms. The molecule has 0 saturated heterocycles. The zero-order valence-electron chi connectivity index (χ0n) is 14.4. The lowest BCUT2D eigenvalue weighted by Crippen LogP contribution is -2.30. The van der Waals surface area contributed by atoms with Gasteiger partial charge in [0.05, 0.1) is 5.56 Å². The number of aryl methyl sites for hydroxylation is 1. The standard InChI is InChI=1S/C20H20F3NO2/c1-13(26-18-8-4-6-14-5-2-3-7-17(14)18)19(25)24-16-11-9-15(10-12-16)20(21,22)23/h4,6,8-13H,2-3,5,7H2,1H3,(H,24,25)/t13-/m0/s1. The van der Waals surface area contributed by atoms with Crippen molar-refractivity contribution in [3.05, 3.63) is 59.2 Å². The molecule has 0 saturated carbocycles. The molecular weight excluding hydrogens is 343 g/mol. The molecule has 1 amide bonds. The molecule has 26 heavy (non-hydrogen) atoms. The maximum atomic E-state index is 12.6. The Morgan fingerprint density at radius 1 is 1.08 bits per heavy atom. The van der Waals surface area contributed by atoms with Crippen LogP contribution in [-0.2, 0) is 23.8 Å². The van der Waals surface area contributed by atoms with Crippen LogP contribution in [0.15, 0.2) is 42.5 Å². The largest absolute Gasteiger partial charge is 0.481 e. The molecule has 1 atom stereocenters. The van der Waals surface area contributed by atoms with Gasteiger partial charge in [-0.05, 0) is 74.1 Å². The fourth-order valence-electron chi connectivity index (χ4n) is 3.09. The normalized spacial score (nSPS) is 15.1. The molecule has 3 nitrogen and oxygen atoms in total. The minimum absolute atomic E-state index is 0.300. The van der Waals surface area contributed by atoms with Crippen molar-refractivity contribution >= 4 is 11.6 Å². The molecule has 6 heteroatoms. The van der Waals surface area contributed by atoms with E-state index >= 15 is 0 Å². The van der Waals surface area contributed by atoms with Gasteiger partial charge in [-0.3, -0.25) is 4.79 Å². The van der Waals surface area contributed by atoms with Gasteiger partial charge in [0.1, 0.15) is 5.75 Å². The minimum atomic E-state index is -4.40.